The summed E-state index contributed by atoms with van der Waals surface area (Å²) >= 11 is 0. The van der Waals surface area contributed by atoms with E-state index in [1.165, 1.54) is 38.5 Å². The lowest BCUT2D eigenvalue weighted by atomic mass is 9.97. The van der Waals surface area contributed by atoms with E-state index < -0.39 is 0 Å². The molecule has 0 aromatic carbocycles. The summed E-state index contributed by atoms with van der Waals surface area (Å²) in [6, 6.07) is 1.15. The first-order valence-electron chi connectivity index (χ1n) is 7.44. The summed E-state index contributed by atoms with van der Waals surface area (Å²) in [7, 11) is 2.09. The molecule has 0 radical (unpaired) electrons. The van der Waals surface area contributed by atoms with Gasteiger partial charge >= 0.3 is 0 Å². The zero-order valence-corrected chi connectivity index (χ0v) is 12.0. The van der Waals surface area contributed by atoms with E-state index in [0.717, 1.165) is 13.0 Å². The van der Waals surface area contributed by atoms with E-state index in [1.54, 1.807) is 0 Å². The van der Waals surface area contributed by atoms with Crippen LogP contribution in [0.1, 0.15) is 12.7 Å². The van der Waals surface area contributed by atoms with Crippen LogP contribution in [0.15, 0.2) is 12.4 Å². The second-order valence-electron chi connectivity index (χ2n) is 5.73. The maximum atomic E-state index is 4.49. The van der Waals surface area contributed by atoms with Gasteiger partial charge in [-0.25, -0.2) is 4.98 Å². The molecule has 2 atom stereocenters. The molecule has 3 aliphatic rings. The van der Waals surface area contributed by atoms with Gasteiger partial charge in [0.15, 0.2) is 0 Å². The number of piperazine rings is 3. The summed E-state index contributed by atoms with van der Waals surface area (Å²) in [6.45, 7) is 9.39. The van der Waals surface area contributed by atoms with Crippen LogP contribution in [0.3, 0.4) is 0 Å². The van der Waals surface area contributed by atoms with Gasteiger partial charge < -0.3 is 9.88 Å². The summed E-state index contributed by atoms with van der Waals surface area (Å²) in [5, 5.41) is 3.68. The van der Waals surface area contributed by atoms with Crippen molar-refractivity contribution in [2.45, 2.75) is 25.4 Å². The van der Waals surface area contributed by atoms with Gasteiger partial charge in [0.1, 0.15) is 5.82 Å². The Morgan fingerprint density at radius 1 is 1.37 bits per heavy atom. The number of nitrogens with one attached hydrogen (secondary N) is 1. The van der Waals surface area contributed by atoms with Gasteiger partial charge in [-0.2, -0.15) is 0 Å². The molecular formula is C14H25N5. The monoisotopic (exact) mass is 263 g/mol. The minimum absolute atomic E-state index is 0.509. The van der Waals surface area contributed by atoms with Crippen LogP contribution >= 0.6 is 0 Å². The van der Waals surface area contributed by atoms with Gasteiger partial charge in [0.2, 0.25) is 0 Å². The van der Waals surface area contributed by atoms with Crippen LogP contribution in [0.25, 0.3) is 0 Å². The van der Waals surface area contributed by atoms with Crippen LogP contribution in [0.4, 0.5) is 0 Å². The Hall–Kier alpha value is -0.910. The Morgan fingerprint density at radius 2 is 2.16 bits per heavy atom. The van der Waals surface area contributed by atoms with Crippen molar-refractivity contribution in [3.05, 3.63) is 18.2 Å². The lowest BCUT2D eigenvalue weighted by Crippen LogP contribution is -2.66. The average Bonchev–Trinajstić information content (AvgIpc) is 2.85. The molecule has 3 aliphatic heterocycles. The van der Waals surface area contributed by atoms with Crippen LogP contribution in [0, 0.1) is 0 Å². The molecule has 0 aliphatic carbocycles. The number of aromatic nitrogens is 2. The highest BCUT2D eigenvalue weighted by molar-refractivity contribution is 5.01. The zero-order valence-electron chi connectivity index (χ0n) is 12.0. The smallest absolute Gasteiger partial charge is 0.109 e. The quantitative estimate of drug-likeness (QED) is 0.807. The zero-order chi connectivity index (χ0) is 13.2. The Kier molecular flexibility index (Phi) is 3.86. The lowest BCUT2D eigenvalue weighted by Gasteiger charge is -2.50. The van der Waals surface area contributed by atoms with Crippen molar-refractivity contribution in [3.63, 3.8) is 0 Å². The molecule has 4 rings (SSSR count). The molecule has 5 heteroatoms. The number of hydrogen-bond acceptors (Lipinski definition) is 4. The molecule has 3 fully saturated rings. The number of nitrogens with zero attached hydrogens (tertiary/aromatic N) is 4. The van der Waals surface area contributed by atoms with Crippen LogP contribution in [-0.4, -0.2) is 70.7 Å². The van der Waals surface area contributed by atoms with Crippen molar-refractivity contribution in [3.8, 4) is 0 Å². The van der Waals surface area contributed by atoms with Gasteiger partial charge in [0.25, 0.3) is 0 Å². The standard InChI is InChI=1S/C14H25N5/c1-3-15-12(10-14-16-4-5-17(14)2)13-11-18-6-8-19(13)9-7-18/h4-5,12-13,15H,3,6-11H2,1-2H3. The first-order chi connectivity index (χ1) is 9.28. The van der Waals surface area contributed by atoms with E-state index in [-0.39, 0.29) is 0 Å². The number of rotatable bonds is 5. The van der Waals surface area contributed by atoms with E-state index in [2.05, 4.69) is 38.6 Å². The Bertz CT molecular complexity index is 408. The van der Waals surface area contributed by atoms with Crippen LogP contribution < -0.4 is 5.32 Å². The molecular weight excluding hydrogens is 238 g/mol. The molecule has 2 bridgehead atoms. The predicted octanol–water partition coefficient (Wildman–Crippen LogP) is -0.0595. The van der Waals surface area contributed by atoms with Crippen molar-refractivity contribution < 1.29 is 0 Å². The van der Waals surface area contributed by atoms with Crippen molar-refractivity contribution >= 4 is 0 Å². The van der Waals surface area contributed by atoms with E-state index in [9.17, 15) is 0 Å². The Balaban J connectivity index is 1.72. The van der Waals surface area contributed by atoms with E-state index in [1.807, 2.05) is 12.4 Å². The molecule has 4 heterocycles. The number of imidazole rings is 1. The molecule has 5 nitrogen and oxygen atoms in total. The third-order valence-corrected chi connectivity index (χ3v) is 4.58. The second kappa shape index (κ2) is 5.61. The lowest BCUT2D eigenvalue weighted by molar-refractivity contribution is -0.00324. The third kappa shape index (κ3) is 2.68. The highest BCUT2D eigenvalue weighted by Gasteiger charge is 2.36. The molecule has 2 unspecified atom stereocenters. The predicted molar refractivity (Wildman–Crippen MR) is 76.2 cm³/mol. The largest absolute Gasteiger partial charge is 0.338 e. The highest BCUT2D eigenvalue weighted by Crippen LogP contribution is 2.20. The molecule has 19 heavy (non-hydrogen) atoms. The van der Waals surface area contributed by atoms with Crippen molar-refractivity contribution in [1.29, 1.82) is 0 Å². The average molecular weight is 263 g/mol. The molecule has 3 saturated heterocycles. The highest BCUT2D eigenvalue weighted by atomic mass is 15.4. The number of hydrogen-bond donors (Lipinski definition) is 1. The summed E-state index contributed by atoms with van der Waals surface area (Å²) in [6.07, 6.45) is 4.95. The minimum Gasteiger partial charge on any atom is -0.338 e. The molecule has 0 saturated carbocycles. The summed E-state index contributed by atoms with van der Waals surface area (Å²) in [5.41, 5.74) is 0. The number of likely N-dealkylation sites (N-methyl/N-ethyl adjacent to an activating group) is 1. The summed E-state index contributed by atoms with van der Waals surface area (Å²) in [4.78, 5) is 9.75. The summed E-state index contributed by atoms with van der Waals surface area (Å²) < 4.78 is 2.14. The van der Waals surface area contributed by atoms with Crippen LogP contribution in [0.2, 0.25) is 0 Å². The number of fused-ring (bicyclic) bond motifs is 3. The molecule has 1 N–H and O–H groups in total. The third-order valence-electron chi connectivity index (χ3n) is 4.58. The summed E-state index contributed by atoms with van der Waals surface area (Å²) in [5.74, 6) is 1.18. The van der Waals surface area contributed by atoms with Gasteiger partial charge in [-0.15, -0.1) is 0 Å². The first kappa shape index (κ1) is 13.1. The van der Waals surface area contributed by atoms with Crippen molar-refractivity contribution in [1.82, 2.24) is 24.7 Å². The van der Waals surface area contributed by atoms with E-state index in [0.29, 0.717) is 12.1 Å². The van der Waals surface area contributed by atoms with E-state index >= 15 is 0 Å². The fourth-order valence-electron chi connectivity index (χ4n) is 3.44. The fraction of sp³-hybridized carbons (Fsp3) is 0.786. The molecule has 1 aromatic heterocycles. The van der Waals surface area contributed by atoms with Gasteiger partial charge in [-0.05, 0) is 6.54 Å². The van der Waals surface area contributed by atoms with Crippen LogP contribution in [0.5, 0.6) is 0 Å². The van der Waals surface area contributed by atoms with Gasteiger partial charge in [-0.1, -0.05) is 6.92 Å². The van der Waals surface area contributed by atoms with Crippen molar-refractivity contribution in [2.75, 3.05) is 39.3 Å². The number of aryl methyl sites for hydroxylation is 1. The fourth-order valence-corrected chi connectivity index (χ4v) is 3.44. The first-order valence-corrected chi connectivity index (χ1v) is 7.44. The minimum atomic E-state index is 0.509. The molecule has 1 aromatic rings. The van der Waals surface area contributed by atoms with Crippen LogP contribution in [-0.2, 0) is 13.5 Å². The van der Waals surface area contributed by atoms with E-state index in [4.69, 9.17) is 0 Å². The normalized spacial score (nSPS) is 31.6. The second-order valence-corrected chi connectivity index (χ2v) is 5.73. The molecule has 0 spiro atoms. The van der Waals surface area contributed by atoms with Crippen molar-refractivity contribution in [2.24, 2.45) is 7.05 Å². The maximum absolute atomic E-state index is 4.49. The Morgan fingerprint density at radius 3 is 2.68 bits per heavy atom. The van der Waals surface area contributed by atoms with Gasteiger partial charge in [-0.3, -0.25) is 9.80 Å². The Labute approximate surface area is 115 Å². The maximum Gasteiger partial charge on any atom is 0.109 e. The van der Waals surface area contributed by atoms with Gasteiger partial charge in [0.05, 0.1) is 0 Å². The van der Waals surface area contributed by atoms with Gasteiger partial charge in [0, 0.05) is 70.7 Å². The topological polar surface area (TPSA) is 36.3 Å². The molecule has 106 valence electrons. The SMILES string of the molecule is CCNC(Cc1nccn1C)C1CN2CCN1CC2. The molecule has 0 amide bonds.